The lowest BCUT2D eigenvalue weighted by Crippen LogP contribution is -2.57. The Balaban J connectivity index is 1.88. The van der Waals surface area contributed by atoms with Gasteiger partial charge >= 0.3 is 0 Å². The standard InChI is InChI=1S/C29H43N3O3/c1-16(2)32(17(3)4)28(34)26-19(6)21-14-22-20(7)31(8)13-12-29(22,15-23(21)30-26)25-18(5)10-11-24(35-9)27(25)33/h10-11,16-17,20,22,30,33H,12-15H2,1-9H3/t20?,22?,29-/m0/s1. The van der Waals surface area contributed by atoms with Crippen LogP contribution in [-0.2, 0) is 18.3 Å². The molecule has 0 spiro atoms. The number of phenolic OH excluding ortho intramolecular Hbond substituents is 1. The molecule has 2 aromatic rings. The van der Waals surface area contributed by atoms with Crippen molar-refractivity contribution >= 4 is 5.91 Å². The van der Waals surface area contributed by atoms with Crippen molar-refractivity contribution in [3.63, 3.8) is 0 Å². The minimum Gasteiger partial charge on any atom is -0.504 e. The van der Waals surface area contributed by atoms with Gasteiger partial charge in [0.05, 0.1) is 7.11 Å². The number of carbonyl (C=O) groups is 1. The van der Waals surface area contributed by atoms with Crippen molar-refractivity contribution in [2.24, 2.45) is 5.92 Å². The molecule has 192 valence electrons. The Morgan fingerprint density at radius 2 is 1.89 bits per heavy atom. The van der Waals surface area contributed by atoms with E-state index in [0.29, 0.717) is 17.7 Å². The van der Waals surface area contributed by atoms with Crippen LogP contribution in [0.2, 0.25) is 0 Å². The van der Waals surface area contributed by atoms with E-state index in [4.69, 9.17) is 4.74 Å². The minimum atomic E-state index is -0.227. The number of piperidine rings is 1. The van der Waals surface area contributed by atoms with Gasteiger partial charge in [-0.1, -0.05) is 6.07 Å². The molecular formula is C29H43N3O3. The predicted molar refractivity (Wildman–Crippen MR) is 141 cm³/mol. The van der Waals surface area contributed by atoms with E-state index in [0.717, 1.165) is 53.9 Å². The normalized spacial score (nSPS) is 24.4. The van der Waals surface area contributed by atoms with Crippen molar-refractivity contribution in [3.8, 4) is 11.5 Å². The molecule has 1 fully saturated rings. The molecule has 3 atom stereocenters. The zero-order valence-electron chi connectivity index (χ0n) is 23.0. The van der Waals surface area contributed by atoms with Crippen molar-refractivity contribution in [1.82, 2.24) is 14.8 Å². The van der Waals surface area contributed by atoms with Crippen molar-refractivity contribution in [2.45, 2.75) is 91.3 Å². The number of rotatable bonds is 5. The molecule has 4 rings (SSSR count). The average molecular weight is 482 g/mol. The van der Waals surface area contributed by atoms with Crippen LogP contribution in [-0.4, -0.2) is 64.6 Å². The number of methoxy groups -OCH3 is 1. The smallest absolute Gasteiger partial charge is 0.271 e. The number of fused-ring (bicyclic) bond motifs is 2. The van der Waals surface area contributed by atoms with Crippen LogP contribution in [0, 0.1) is 19.8 Å². The molecule has 0 bridgehead atoms. The highest BCUT2D eigenvalue weighted by molar-refractivity contribution is 5.95. The number of aromatic nitrogens is 1. The van der Waals surface area contributed by atoms with Gasteiger partial charge in [0.25, 0.3) is 5.91 Å². The molecule has 6 nitrogen and oxygen atoms in total. The Bertz CT molecular complexity index is 1110. The van der Waals surface area contributed by atoms with Crippen LogP contribution < -0.4 is 4.74 Å². The Hall–Kier alpha value is -2.47. The van der Waals surface area contributed by atoms with E-state index < -0.39 is 0 Å². The quantitative estimate of drug-likeness (QED) is 0.632. The van der Waals surface area contributed by atoms with E-state index in [-0.39, 0.29) is 29.2 Å². The highest BCUT2D eigenvalue weighted by atomic mass is 16.5. The lowest BCUT2D eigenvalue weighted by Gasteiger charge is -2.54. The number of H-pyrrole nitrogens is 1. The fourth-order valence-corrected chi connectivity index (χ4v) is 7.05. The summed E-state index contributed by atoms with van der Waals surface area (Å²) in [5, 5.41) is 11.4. The summed E-state index contributed by atoms with van der Waals surface area (Å²) in [5.74, 6) is 1.18. The minimum absolute atomic E-state index is 0.0736. The van der Waals surface area contributed by atoms with E-state index in [1.54, 1.807) is 7.11 Å². The Kier molecular flexibility index (Phi) is 6.73. The van der Waals surface area contributed by atoms with Gasteiger partial charge in [0.15, 0.2) is 11.5 Å². The van der Waals surface area contributed by atoms with Gasteiger partial charge in [0, 0.05) is 34.8 Å². The van der Waals surface area contributed by atoms with Crippen molar-refractivity contribution < 1.29 is 14.6 Å². The lowest BCUT2D eigenvalue weighted by molar-refractivity contribution is 0.0437. The number of aromatic amines is 1. The van der Waals surface area contributed by atoms with Crippen LogP contribution in [0.25, 0.3) is 0 Å². The van der Waals surface area contributed by atoms with E-state index >= 15 is 0 Å². The summed E-state index contributed by atoms with van der Waals surface area (Å²) in [5.41, 5.74) is 6.11. The fourth-order valence-electron chi connectivity index (χ4n) is 7.05. The average Bonchev–Trinajstić information content (AvgIpc) is 3.10. The molecule has 0 radical (unpaired) electrons. The molecule has 35 heavy (non-hydrogen) atoms. The first-order valence-electron chi connectivity index (χ1n) is 13.0. The zero-order valence-corrected chi connectivity index (χ0v) is 23.0. The first-order chi connectivity index (χ1) is 16.4. The van der Waals surface area contributed by atoms with E-state index in [1.165, 1.54) is 5.56 Å². The second-order valence-electron chi connectivity index (χ2n) is 11.4. The number of hydrogen-bond donors (Lipinski definition) is 2. The third-order valence-electron chi connectivity index (χ3n) is 8.91. The van der Waals surface area contributed by atoms with Crippen LogP contribution in [0.15, 0.2) is 12.1 Å². The molecule has 6 heteroatoms. The first-order valence-corrected chi connectivity index (χ1v) is 13.0. The number of aryl methyl sites for hydroxylation is 1. The SMILES string of the molecule is COc1ccc(C)c([C@]23CCN(C)C(C)C2Cc2c([nH]c(C(=O)N(C(C)C)C(C)C)c2C)C3)c1O. The van der Waals surface area contributed by atoms with Gasteiger partial charge in [-0.15, -0.1) is 0 Å². The third-order valence-corrected chi connectivity index (χ3v) is 8.91. The summed E-state index contributed by atoms with van der Waals surface area (Å²) in [4.78, 5) is 21.7. The highest BCUT2D eigenvalue weighted by Crippen LogP contribution is 2.54. The molecule has 2 aliphatic rings. The maximum absolute atomic E-state index is 13.7. The number of carbonyl (C=O) groups excluding carboxylic acids is 1. The van der Waals surface area contributed by atoms with E-state index in [9.17, 15) is 9.90 Å². The van der Waals surface area contributed by atoms with Crippen molar-refractivity contribution in [1.29, 1.82) is 0 Å². The zero-order chi connectivity index (χ0) is 25.8. The number of nitrogens with one attached hydrogen (secondary N) is 1. The van der Waals surface area contributed by atoms with E-state index in [1.807, 2.05) is 11.0 Å². The van der Waals surface area contributed by atoms with E-state index in [2.05, 4.69) is 71.5 Å². The summed E-state index contributed by atoms with van der Waals surface area (Å²) >= 11 is 0. The Morgan fingerprint density at radius 3 is 2.49 bits per heavy atom. The summed E-state index contributed by atoms with van der Waals surface area (Å²) in [6, 6.07) is 4.52. The molecule has 1 saturated heterocycles. The van der Waals surface area contributed by atoms with Crippen LogP contribution >= 0.6 is 0 Å². The topological polar surface area (TPSA) is 68.8 Å². The molecule has 2 unspecified atom stereocenters. The molecule has 1 aliphatic heterocycles. The van der Waals surface area contributed by atoms with Crippen LogP contribution in [0.4, 0.5) is 0 Å². The van der Waals surface area contributed by atoms with Crippen molar-refractivity contribution in [2.75, 3.05) is 20.7 Å². The Labute approximate surface area is 210 Å². The molecule has 1 aromatic carbocycles. The summed E-state index contributed by atoms with van der Waals surface area (Å²) in [7, 11) is 3.81. The largest absolute Gasteiger partial charge is 0.504 e. The fraction of sp³-hybridized carbons (Fsp3) is 0.621. The van der Waals surface area contributed by atoms with Gasteiger partial charge in [-0.05, 0) is 110 Å². The molecule has 1 aliphatic carbocycles. The Morgan fingerprint density at radius 1 is 1.23 bits per heavy atom. The van der Waals surface area contributed by atoms with Gasteiger partial charge < -0.3 is 24.6 Å². The second-order valence-corrected chi connectivity index (χ2v) is 11.4. The van der Waals surface area contributed by atoms with Gasteiger partial charge in [-0.3, -0.25) is 4.79 Å². The third kappa shape index (κ3) is 3.94. The monoisotopic (exact) mass is 481 g/mol. The summed E-state index contributed by atoms with van der Waals surface area (Å²) in [6.45, 7) is 15.8. The number of phenols is 1. The highest BCUT2D eigenvalue weighted by Gasteiger charge is 2.52. The summed E-state index contributed by atoms with van der Waals surface area (Å²) in [6.07, 6.45) is 2.62. The number of benzene rings is 1. The van der Waals surface area contributed by atoms with Crippen LogP contribution in [0.3, 0.4) is 0 Å². The van der Waals surface area contributed by atoms with Crippen molar-refractivity contribution in [3.05, 3.63) is 45.8 Å². The van der Waals surface area contributed by atoms with Crippen LogP contribution in [0.5, 0.6) is 11.5 Å². The van der Waals surface area contributed by atoms with Gasteiger partial charge in [0.1, 0.15) is 5.69 Å². The van der Waals surface area contributed by atoms with Gasteiger partial charge in [0.2, 0.25) is 0 Å². The number of amides is 1. The molecule has 2 N–H and O–H groups in total. The predicted octanol–water partition coefficient (Wildman–Crippen LogP) is 4.98. The maximum atomic E-state index is 13.7. The molecule has 0 saturated carbocycles. The second kappa shape index (κ2) is 9.20. The molecule has 1 aromatic heterocycles. The molecule has 2 heterocycles. The number of ether oxygens (including phenoxy) is 1. The number of aromatic hydroxyl groups is 1. The molecule has 1 amide bonds. The number of hydrogen-bond acceptors (Lipinski definition) is 4. The van der Waals surface area contributed by atoms with Gasteiger partial charge in [-0.2, -0.15) is 0 Å². The summed E-state index contributed by atoms with van der Waals surface area (Å²) < 4.78 is 5.53. The number of likely N-dealkylation sites (tertiary alicyclic amines) is 1. The van der Waals surface area contributed by atoms with Gasteiger partial charge in [-0.25, -0.2) is 0 Å². The van der Waals surface area contributed by atoms with Crippen LogP contribution in [0.1, 0.15) is 79.5 Å². The maximum Gasteiger partial charge on any atom is 0.271 e. The first kappa shape index (κ1) is 25.6. The lowest BCUT2D eigenvalue weighted by atomic mass is 9.55. The molecular weight excluding hydrogens is 438 g/mol. The number of nitrogens with zero attached hydrogens (tertiary/aromatic N) is 2.